The lowest BCUT2D eigenvalue weighted by atomic mass is 10.0. The Kier molecular flexibility index (Phi) is 3.66. The number of hydrogen-bond donors (Lipinski definition) is 2. The van der Waals surface area contributed by atoms with Gasteiger partial charge in [-0.3, -0.25) is 9.59 Å². The molecule has 0 radical (unpaired) electrons. The van der Waals surface area contributed by atoms with Crippen LogP contribution in [0.1, 0.15) is 19.8 Å². The molecule has 2 amide bonds. The zero-order valence-electron chi connectivity index (χ0n) is 10.5. The molecule has 2 atom stereocenters. The molecule has 2 aliphatic rings. The van der Waals surface area contributed by atoms with E-state index in [1.807, 2.05) is 6.92 Å². The molecule has 1 heterocycles. The highest BCUT2D eigenvalue weighted by Crippen LogP contribution is 2.37. The van der Waals surface area contributed by atoms with Crippen LogP contribution in [0.4, 0.5) is 0 Å². The summed E-state index contributed by atoms with van der Waals surface area (Å²) in [5.74, 6) is 0.680. The fraction of sp³-hybridized carbons (Fsp3) is 0.833. The van der Waals surface area contributed by atoms with Crippen LogP contribution in [0.25, 0.3) is 0 Å². The second-order valence-electron chi connectivity index (χ2n) is 4.99. The molecule has 2 N–H and O–H groups in total. The fourth-order valence-electron chi connectivity index (χ4n) is 2.43. The molecule has 1 aliphatic heterocycles. The van der Waals surface area contributed by atoms with E-state index in [-0.39, 0.29) is 23.8 Å². The fourth-order valence-corrected chi connectivity index (χ4v) is 2.43. The van der Waals surface area contributed by atoms with Crippen molar-refractivity contribution in [1.29, 1.82) is 0 Å². The molecule has 2 unspecified atom stereocenters. The molecule has 0 aromatic carbocycles. The number of carbonyl (C=O) groups is 2. The predicted octanol–water partition coefficient (Wildman–Crippen LogP) is -0.421. The van der Waals surface area contributed by atoms with Gasteiger partial charge in [-0.05, 0) is 18.8 Å². The topological polar surface area (TPSA) is 61.4 Å². The first-order chi connectivity index (χ1) is 8.15. The molecule has 1 aliphatic carbocycles. The Morgan fingerprint density at radius 3 is 2.71 bits per heavy atom. The van der Waals surface area contributed by atoms with Gasteiger partial charge in [0.05, 0.1) is 0 Å². The third-order valence-electron chi connectivity index (χ3n) is 3.79. The summed E-state index contributed by atoms with van der Waals surface area (Å²) in [6, 6.07) is -0.345. The van der Waals surface area contributed by atoms with Crippen LogP contribution in [0, 0.1) is 11.8 Å². The average molecular weight is 239 g/mol. The lowest BCUT2D eigenvalue weighted by Crippen LogP contribution is -2.60. The van der Waals surface area contributed by atoms with Crippen molar-refractivity contribution in [2.24, 2.45) is 11.8 Å². The lowest BCUT2D eigenvalue weighted by Gasteiger charge is -2.36. The number of nitrogens with zero attached hydrogens (tertiary/aromatic N) is 1. The van der Waals surface area contributed by atoms with Crippen molar-refractivity contribution < 1.29 is 9.59 Å². The minimum absolute atomic E-state index is 0.0697. The van der Waals surface area contributed by atoms with Gasteiger partial charge in [-0.15, -0.1) is 0 Å². The molecule has 17 heavy (non-hydrogen) atoms. The molecule has 96 valence electrons. The first-order valence-corrected chi connectivity index (χ1v) is 6.38. The minimum Gasteiger partial charge on any atom is -0.357 e. The zero-order valence-corrected chi connectivity index (χ0v) is 10.5. The normalized spacial score (nSPS) is 26.5. The second kappa shape index (κ2) is 5.04. The molecule has 1 saturated carbocycles. The first kappa shape index (κ1) is 12.4. The number of likely N-dealkylation sites (N-methyl/N-ethyl adjacent to an activating group) is 1. The van der Waals surface area contributed by atoms with Crippen molar-refractivity contribution in [2.45, 2.75) is 25.8 Å². The van der Waals surface area contributed by atoms with Gasteiger partial charge in [0, 0.05) is 32.6 Å². The quantitative estimate of drug-likeness (QED) is 0.703. The van der Waals surface area contributed by atoms with E-state index in [0.717, 1.165) is 19.4 Å². The molecule has 0 aromatic rings. The van der Waals surface area contributed by atoms with Crippen molar-refractivity contribution >= 4 is 11.8 Å². The maximum atomic E-state index is 12.3. The Morgan fingerprint density at radius 1 is 1.41 bits per heavy atom. The van der Waals surface area contributed by atoms with Crippen molar-refractivity contribution in [1.82, 2.24) is 15.5 Å². The molecular weight excluding hydrogens is 218 g/mol. The van der Waals surface area contributed by atoms with Crippen LogP contribution in [-0.4, -0.2) is 49.4 Å². The van der Waals surface area contributed by atoms with E-state index in [4.69, 9.17) is 0 Å². The van der Waals surface area contributed by atoms with Crippen LogP contribution in [0.3, 0.4) is 0 Å². The van der Waals surface area contributed by atoms with Gasteiger partial charge >= 0.3 is 0 Å². The van der Waals surface area contributed by atoms with Crippen LogP contribution in [0.5, 0.6) is 0 Å². The average Bonchev–Trinajstić information content (AvgIpc) is 3.20. The Balaban J connectivity index is 2.04. The summed E-state index contributed by atoms with van der Waals surface area (Å²) < 4.78 is 0. The Labute approximate surface area is 102 Å². The molecule has 2 rings (SSSR count). The summed E-state index contributed by atoms with van der Waals surface area (Å²) in [5, 5.41) is 5.79. The van der Waals surface area contributed by atoms with Gasteiger partial charge in [0.15, 0.2) is 0 Å². The second-order valence-corrected chi connectivity index (χ2v) is 4.99. The van der Waals surface area contributed by atoms with E-state index < -0.39 is 0 Å². The smallest absolute Gasteiger partial charge is 0.243 e. The van der Waals surface area contributed by atoms with Crippen LogP contribution < -0.4 is 10.6 Å². The van der Waals surface area contributed by atoms with Gasteiger partial charge in [0.25, 0.3) is 0 Å². The van der Waals surface area contributed by atoms with E-state index in [1.54, 1.807) is 11.9 Å². The third-order valence-corrected chi connectivity index (χ3v) is 3.79. The zero-order chi connectivity index (χ0) is 12.4. The lowest BCUT2D eigenvalue weighted by molar-refractivity contribution is -0.144. The van der Waals surface area contributed by atoms with Gasteiger partial charge in [-0.2, -0.15) is 0 Å². The van der Waals surface area contributed by atoms with Crippen LogP contribution in [-0.2, 0) is 9.59 Å². The Bertz CT molecular complexity index is 315. The van der Waals surface area contributed by atoms with Crippen LogP contribution in [0.15, 0.2) is 0 Å². The van der Waals surface area contributed by atoms with Crippen molar-refractivity contribution in [3.8, 4) is 0 Å². The number of hydrogen-bond acceptors (Lipinski definition) is 3. The number of piperazine rings is 1. The maximum absolute atomic E-state index is 12.3. The van der Waals surface area contributed by atoms with E-state index in [9.17, 15) is 9.59 Å². The summed E-state index contributed by atoms with van der Waals surface area (Å²) in [5.41, 5.74) is 0. The molecular formula is C12H21N3O2. The van der Waals surface area contributed by atoms with E-state index in [2.05, 4.69) is 10.6 Å². The van der Waals surface area contributed by atoms with Crippen molar-refractivity contribution in [3.05, 3.63) is 0 Å². The number of nitrogens with one attached hydrogen (secondary N) is 2. The molecule has 5 nitrogen and oxygen atoms in total. The monoisotopic (exact) mass is 239 g/mol. The highest BCUT2D eigenvalue weighted by atomic mass is 16.2. The molecule has 2 fully saturated rings. The standard InChI is InChI=1S/C12H21N3O2/c1-8(9-3-4-9)12(17)15-6-5-14-7-10(15)11(16)13-2/h8-10,14H,3-7H2,1-2H3,(H,13,16). The summed E-state index contributed by atoms with van der Waals surface area (Å²) in [6.45, 7) is 3.95. The predicted molar refractivity (Wildman–Crippen MR) is 64.3 cm³/mol. The van der Waals surface area contributed by atoms with Crippen molar-refractivity contribution in [3.63, 3.8) is 0 Å². The molecule has 1 saturated heterocycles. The van der Waals surface area contributed by atoms with Crippen LogP contribution in [0.2, 0.25) is 0 Å². The van der Waals surface area contributed by atoms with Crippen LogP contribution >= 0.6 is 0 Å². The van der Waals surface area contributed by atoms with E-state index in [1.165, 1.54) is 0 Å². The Morgan fingerprint density at radius 2 is 2.12 bits per heavy atom. The maximum Gasteiger partial charge on any atom is 0.243 e. The SMILES string of the molecule is CNC(=O)C1CNCCN1C(=O)C(C)C1CC1. The van der Waals surface area contributed by atoms with Gasteiger partial charge in [0.2, 0.25) is 11.8 Å². The number of rotatable bonds is 3. The molecule has 0 bridgehead atoms. The highest BCUT2D eigenvalue weighted by molar-refractivity contribution is 5.89. The van der Waals surface area contributed by atoms with Gasteiger partial charge in [0.1, 0.15) is 6.04 Å². The van der Waals surface area contributed by atoms with Gasteiger partial charge < -0.3 is 15.5 Å². The van der Waals surface area contributed by atoms with E-state index >= 15 is 0 Å². The highest BCUT2D eigenvalue weighted by Gasteiger charge is 2.39. The molecule has 5 heteroatoms. The number of amides is 2. The van der Waals surface area contributed by atoms with Gasteiger partial charge in [-0.25, -0.2) is 0 Å². The van der Waals surface area contributed by atoms with E-state index in [0.29, 0.717) is 19.0 Å². The summed E-state index contributed by atoms with van der Waals surface area (Å²) in [6.07, 6.45) is 2.31. The van der Waals surface area contributed by atoms with Crippen molar-refractivity contribution in [2.75, 3.05) is 26.7 Å². The minimum atomic E-state index is -0.345. The summed E-state index contributed by atoms with van der Waals surface area (Å²) in [7, 11) is 1.61. The summed E-state index contributed by atoms with van der Waals surface area (Å²) >= 11 is 0. The third kappa shape index (κ3) is 2.60. The largest absolute Gasteiger partial charge is 0.357 e. The summed E-state index contributed by atoms with van der Waals surface area (Å²) in [4.78, 5) is 25.8. The Hall–Kier alpha value is -1.10. The molecule has 0 spiro atoms. The van der Waals surface area contributed by atoms with Gasteiger partial charge in [-0.1, -0.05) is 6.92 Å². The first-order valence-electron chi connectivity index (χ1n) is 6.38. The number of carbonyl (C=O) groups excluding carboxylic acids is 2. The molecule has 0 aromatic heterocycles.